The first-order valence-corrected chi connectivity index (χ1v) is 9.70. The number of benzene rings is 1. The van der Waals surface area contributed by atoms with Gasteiger partial charge in [0.1, 0.15) is 11.6 Å². The number of amides is 2. The number of aromatic nitrogens is 3. The molecule has 0 radical (unpaired) electrons. The van der Waals surface area contributed by atoms with Crippen molar-refractivity contribution in [3.8, 4) is 0 Å². The molecule has 1 aromatic heterocycles. The predicted molar refractivity (Wildman–Crippen MR) is 102 cm³/mol. The minimum Gasteiger partial charge on any atom is -0.356 e. The molecule has 0 aliphatic carbocycles. The van der Waals surface area contributed by atoms with Gasteiger partial charge in [-0.05, 0) is 18.4 Å². The Bertz CT molecular complexity index is 757. The van der Waals surface area contributed by atoms with Crippen molar-refractivity contribution in [2.45, 2.75) is 51.5 Å². The normalized spacial score (nSPS) is 13.5. The number of carbonyl (C=O) groups excluding carboxylic acids is 2. The average Bonchev–Trinajstić information content (AvgIpc) is 2.89. The number of hydrogen-bond donors (Lipinski definition) is 2. The van der Waals surface area contributed by atoms with Crippen molar-refractivity contribution < 1.29 is 9.59 Å². The lowest BCUT2D eigenvalue weighted by Crippen LogP contribution is -2.32. The van der Waals surface area contributed by atoms with Crippen LogP contribution in [0.15, 0.2) is 30.3 Å². The molecule has 0 atom stereocenters. The standard InChI is InChI=1S/C20H27N5O2/c26-19(11-13-22-20(27)15-16-7-3-1-4-8-16)21-12-10-18-24-23-17-9-5-2-6-14-25(17)18/h1,3-4,7-8H,2,5-6,9-15H2,(H,21,26)(H,22,27). The van der Waals surface area contributed by atoms with Gasteiger partial charge in [-0.3, -0.25) is 9.59 Å². The molecule has 2 amide bonds. The van der Waals surface area contributed by atoms with Gasteiger partial charge in [0.25, 0.3) is 0 Å². The van der Waals surface area contributed by atoms with E-state index < -0.39 is 0 Å². The summed E-state index contributed by atoms with van der Waals surface area (Å²) >= 11 is 0. The molecule has 144 valence electrons. The molecule has 0 fully saturated rings. The smallest absolute Gasteiger partial charge is 0.224 e. The van der Waals surface area contributed by atoms with Crippen molar-refractivity contribution in [1.82, 2.24) is 25.4 Å². The van der Waals surface area contributed by atoms with E-state index in [-0.39, 0.29) is 18.2 Å². The maximum absolute atomic E-state index is 11.9. The predicted octanol–water partition coefficient (Wildman–Crippen LogP) is 1.41. The van der Waals surface area contributed by atoms with E-state index in [2.05, 4.69) is 25.4 Å². The van der Waals surface area contributed by atoms with E-state index in [0.29, 0.717) is 25.9 Å². The second-order valence-corrected chi connectivity index (χ2v) is 6.86. The zero-order valence-electron chi connectivity index (χ0n) is 15.6. The van der Waals surface area contributed by atoms with Crippen LogP contribution >= 0.6 is 0 Å². The molecule has 0 saturated carbocycles. The fourth-order valence-corrected chi connectivity index (χ4v) is 3.29. The van der Waals surface area contributed by atoms with Crippen LogP contribution < -0.4 is 10.6 Å². The average molecular weight is 369 g/mol. The minimum absolute atomic E-state index is 0.0642. The summed E-state index contributed by atoms with van der Waals surface area (Å²) in [5.74, 6) is 1.88. The van der Waals surface area contributed by atoms with E-state index >= 15 is 0 Å². The third kappa shape index (κ3) is 5.91. The van der Waals surface area contributed by atoms with E-state index in [1.165, 1.54) is 12.8 Å². The first-order chi connectivity index (χ1) is 13.2. The van der Waals surface area contributed by atoms with Crippen LogP contribution in [-0.2, 0) is 35.4 Å². The summed E-state index contributed by atoms with van der Waals surface area (Å²) in [6, 6.07) is 9.56. The highest BCUT2D eigenvalue weighted by atomic mass is 16.2. The molecule has 0 spiro atoms. The van der Waals surface area contributed by atoms with Crippen molar-refractivity contribution in [2.75, 3.05) is 13.1 Å². The van der Waals surface area contributed by atoms with Gasteiger partial charge < -0.3 is 15.2 Å². The monoisotopic (exact) mass is 369 g/mol. The van der Waals surface area contributed by atoms with Gasteiger partial charge in [0.2, 0.25) is 11.8 Å². The number of nitrogens with one attached hydrogen (secondary N) is 2. The van der Waals surface area contributed by atoms with Crippen molar-refractivity contribution in [3.63, 3.8) is 0 Å². The van der Waals surface area contributed by atoms with Crippen LogP contribution in [0.5, 0.6) is 0 Å². The Hall–Kier alpha value is -2.70. The molecule has 27 heavy (non-hydrogen) atoms. The Balaban J connectivity index is 1.32. The minimum atomic E-state index is -0.0693. The first kappa shape index (κ1) is 19.1. The third-order valence-corrected chi connectivity index (χ3v) is 4.74. The van der Waals surface area contributed by atoms with Crippen LogP contribution in [0, 0.1) is 0 Å². The Kier molecular flexibility index (Phi) is 6.96. The number of nitrogens with zero attached hydrogens (tertiary/aromatic N) is 3. The van der Waals surface area contributed by atoms with Gasteiger partial charge in [0, 0.05) is 38.9 Å². The number of hydrogen-bond acceptors (Lipinski definition) is 4. The van der Waals surface area contributed by atoms with Crippen LogP contribution in [0.3, 0.4) is 0 Å². The second kappa shape index (κ2) is 9.85. The van der Waals surface area contributed by atoms with E-state index in [1.807, 2.05) is 30.3 Å². The molecule has 3 rings (SSSR count). The molecule has 7 nitrogen and oxygen atoms in total. The molecular weight excluding hydrogens is 342 g/mol. The fourth-order valence-electron chi connectivity index (χ4n) is 3.29. The largest absolute Gasteiger partial charge is 0.356 e. The topological polar surface area (TPSA) is 88.9 Å². The lowest BCUT2D eigenvalue weighted by Gasteiger charge is -2.08. The number of fused-ring (bicyclic) bond motifs is 1. The van der Waals surface area contributed by atoms with E-state index in [4.69, 9.17) is 0 Å². The Morgan fingerprint density at radius 2 is 1.78 bits per heavy atom. The highest BCUT2D eigenvalue weighted by molar-refractivity contribution is 5.80. The lowest BCUT2D eigenvalue weighted by atomic mass is 10.1. The molecule has 0 unspecified atom stereocenters. The number of aryl methyl sites for hydroxylation is 1. The molecular formula is C20H27N5O2. The zero-order valence-corrected chi connectivity index (χ0v) is 15.6. The Morgan fingerprint density at radius 1 is 0.963 bits per heavy atom. The molecule has 1 aliphatic heterocycles. The summed E-state index contributed by atoms with van der Waals surface area (Å²) in [6.07, 6.45) is 5.84. The third-order valence-electron chi connectivity index (χ3n) is 4.74. The SMILES string of the molecule is O=C(CCNC(=O)Cc1ccccc1)NCCc1nnc2n1CCCCC2. The van der Waals surface area contributed by atoms with E-state index in [1.54, 1.807) is 0 Å². The molecule has 1 aliphatic rings. The molecule has 2 aromatic rings. The first-order valence-electron chi connectivity index (χ1n) is 9.70. The van der Waals surface area contributed by atoms with E-state index in [0.717, 1.165) is 36.6 Å². The molecule has 2 heterocycles. The molecule has 7 heteroatoms. The zero-order chi connectivity index (χ0) is 18.9. The van der Waals surface area contributed by atoms with Gasteiger partial charge in [0.15, 0.2) is 0 Å². The van der Waals surface area contributed by atoms with Crippen molar-refractivity contribution in [1.29, 1.82) is 0 Å². The van der Waals surface area contributed by atoms with Crippen LogP contribution in [-0.4, -0.2) is 39.7 Å². The highest BCUT2D eigenvalue weighted by Crippen LogP contribution is 2.14. The molecule has 0 bridgehead atoms. The van der Waals surface area contributed by atoms with Gasteiger partial charge in [0.05, 0.1) is 6.42 Å². The summed E-state index contributed by atoms with van der Waals surface area (Å²) < 4.78 is 2.20. The molecule has 1 aromatic carbocycles. The summed E-state index contributed by atoms with van der Waals surface area (Å²) in [4.78, 5) is 23.8. The van der Waals surface area contributed by atoms with Gasteiger partial charge in [-0.1, -0.05) is 36.8 Å². The van der Waals surface area contributed by atoms with Crippen LogP contribution in [0.2, 0.25) is 0 Å². The van der Waals surface area contributed by atoms with Crippen molar-refractivity contribution >= 4 is 11.8 Å². The Morgan fingerprint density at radius 3 is 2.63 bits per heavy atom. The summed E-state index contributed by atoms with van der Waals surface area (Å²) in [6.45, 7) is 1.85. The fraction of sp³-hybridized carbons (Fsp3) is 0.500. The summed E-state index contributed by atoms with van der Waals surface area (Å²) in [5.41, 5.74) is 0.965. The van der Waals surface area contributed by atoms with Gasteiger partial charge >= 0.3 is 0 Å². The maximum atomic E-state index is 11.9. The summed E-state index contributed by atoms with van der Waals surface area (Å²) in [7, 11) is 0. The highest BCUT2D eigenvalue weighted by Gasteiger charge is 2.14. The maximum Gasteiger partial charge on any atom is 0.224 e. The molecule has 2 N–H and O–H groups in total. The van der Waals surface area contributed by atoms with E-state index in [9.17, 15) is 9.59 Å². The van der Waals surface area contributed by atoms with Crippen LogP contribution in [0.4, 0.5) is 0 Å². The second-order valence-electron chi connectivity index (χ2n) is 6.86. The van der Waals surface area contributed by atoms with Crippen molar-refractivity contribution in [3.05, 3.63) is 47.5 Å². The van der Waals surface area contributed by atoms with Crippen molar-refractivity contribution in [2.24, 2.45) is 0 Å². The quantitative estimate of drug-likeness (QED) is 0.736. The molecule has 0 saturated heterocycles. The number of rotatable bonds is 8. The summed E-state index contributed by atoms with van der Waals surface area (Å²) in [5, 5.41) is 14.2. The number of carbonyl (C=O) groups is 2. The van der Waals surface area contributed by atoms with Crippen LogP contribution in [0.25, 0.3) is 0 Å². The van der Waals surface area contributed by atoms with Crippen LogP contribution in [0.1, 0.15) is 42.9 Å². The lowest BCUT2D eigenvalue weighted by molar-refractivity contribution is -0.122. The van der Waals surface area contributed by atoms with Gasteiger partial charge in [-0.25, -0.2) is 0 Å². The van der Waals surface area contributed by atoms with Gasteiger partial charge in [-0.2, -0.15) is 0 Å². The Labute approximate surface area is 159 Å². The van der Waals surface area contributed by atoms with Gasteiger partial charge in [-0.15, -0.1) is 10.2 Å².